The number of carbonyl (C=O) groups excluding carboxylic acids is 1. The number of ether oxygens (including phenoxy) is 2. The molecular formula is C23H25Cl2NO5. The van der Waals surface area contributed by atoms with Gasteiger partial charge in [0.05, 0.1) is 19.8 Å². The third-order valence-corrected chi connectivity index (χ3v) is 5.15. The van der Waals surface area contributed by atoms with E-state index in [1.165, 1.54) is 0 Å². The minimum Gasteiger partial charge on any atom is -0.496 e. The van der Waals surface area contributed by atoms with Gasteiger partial charge in [-0.25, -0.2) is 4.79 Å². The van der Waals surface area contributed by atoms with Crippen LogP contribution in [0.5, 0.6) is 11.5 Å². The van der Waals surface area contributed by atoms with Gasteiger partial charge in [0.2, 0.25) is 0 Å². The van der Waals surface area contributed by atoms with E-state index in [2.05, 4.69) is 5.32 Å². The summed E-state index contributed by atoms with van der Waals surface area (Å²) in [7, 11) is 3.17. The number of benzene rings is 2. The average Bonchev–Trinajstić information content (AvgIpc) is 2.72. The summed E-state index contributed by atoms with van der Waals surface area (Å²) in [6.07, 6.45) is 0.0929. The van der Waals surface area contributed by atoms with Crippen LogP contribution in [0.2, 0.25) is 0 Å². The van der Waals surface area contributed by atoms with Gasteiger partial charge in [-0.15, -0.1) is 0 Å². The van der Waals surface area contributed by atoms with Crippen molar-refractivity contribution in [2.75, 3.05) is 14.2 Å². The topological polar surface area (TPSA) is 84.9 Å². The van der Waals surface area contributed by atoms with Gasteiger partial charge < -0.3 is 19.9 Å². The quantitative estimate of drug-likeness (QED) is 0.518. The van der Waals surface area contributed by atoms with Crippen molar-refractivity contribution < 1.29 is 24.2 Å². The molecular weight excluding hydrogens is 441 g/mol. The van der Waals surface area contributed by atoms with Crippen LogP contribution in [0, 0.1) is 5.92 Å². The molecule has 31 heavy (non-hydrogen) atoms. The molecule has 0 aromatic heterocycles. The highest BCUT2D eigenvalue weighted by molar-refractivity contribution is 6.57. The van der Waals surface area contributed by atoms with Crippen molar-refractivity contribution in [3.8, 4) is 22.6 Å². The fourth-order valence-electron chi connectivity index (χ4n) is 3.18. The summed E-state index contributed by atoms with van der Waals surface area (Å²) in [5.74, 6) is -0.688. The molecule has 2 aromatic rings. The van der Waals surface area contributed by atoms with Crippen LogP contribution in [0.15, 0.2) is 52.5 Å². The summed E-state index contributed by atoms with van der Waals surface area (Å²) in [6, 6.07) is 11.7. The molecule has 1 amide bonds. The number of aliphatic carboxylic acids is 1. The van der Waals surface area contributed by atoms with Crippen molar-refractivity contribution in [1.29, 1.82) is 0 Å². The molecule has 8 heteroatoms. The van der Waals surface area contributed by atoms with E-state index in [9.17, 15) is 14.7 Å². The maximum atomic E-state index is 12.5. The standard InChI is InChI=1S/C23H25Cl2NO5/c1-13(2)19(21(24)25)22(27)26-16(23(28)29)12-14-8-10-15(11-9-14)20-17(30-3)6-5-7-18(20)31-4/h5-11,13,16H,12H2,1-4H3,(H,26,27)(H,28,29)/t16-/m0/s1. The van der Waals surface area contributed by atoms with E-state index in [0.717, 1.165) is 16.7 Å². The predicted octanol–water partition coefficient (Wildman–Crippen LogP) is 4.83. The van der Waals surface area contributed by atoms with Gasteiger partial charge in [-0.2, -0.15) is 0 Å². The Hall–Kier alpha value is -2.70. The van der Waals surface area contributed by atoms with Gasteiger partial charge in [-0.1, -0.05) is 67.4 Å². The molecule has 0 radical (unpaired) electrons. The maximum absolute atomic E-state index is 12.5. The molecule has 1 atom stereocenters. The number of carbonyl (C=O) groups is 2. The molecule has 0 aliphatic rings. The highest BCUT2D eigenvalue weighted by atomic mass is 35.5. The van der Waals surface area contributed by atoms with Crippen LogP contribution in [0.3, 0.4) is 0 Å². The fourth-order valence-corrected chi connectivity index (χ4v) is 3.79. The summed E-state index contributed by atoms with van der Waals surface area (Å²) < 4.78 is 10.7. The molecule has 2 aromatic carbocycles. The molecule has 6 nitrogen and oxygen atoms in total. The van der Waals surface area contributed by atoms with E-state index in [1.54, 1.807) is 40.2 Å². The molecule has 166 valence electrons. The first-order valence-electron chi connectivity index (χ1n) is 9.58. The number of hydrogen-bond donors (Lipinski definition) is 2. The fraction of sp³-hybridized carbons (Fsp3) is 0.304. The Morgan fingerprint density at radius 1 is 1.00 bits per heavy atom. The average molecular weight is 466 g/mol. The zero-order chi connectivity index (χ0) is 23.1. The first-order valence-corrected chi connectivity index (χ1v) is 10.3. The second-order valence-corrected chi connectivity index (χ2v) is 8.08. The first kappa shape index (κ1) is 24.6. The predicted molar refractivity (Wildman–Crippen MR) is 122 cm³/mol. The van der Waals surface area contributed by atoms with Crippen LogP contribution in [0.4, 0.5) is 0 Å². The zero-order valence-corrected chi connectivity index (χ0v) is 19.3. The lowest BCUT2D eigenvalue weighted by Crippen LogP contribution is -2.43. The third kappa shape index (κ3) is 6.15. The normalized spacial score (nSPS) is 11.6. The summed E-state index contributed by atoms with van der Waals surface area (Å²) in [5, 5.41) is 12.1. The lowest BCUT2D eigenvalue weighted by Gasteiger charge is -2.18. The number of halogens is 2. The molecule has 0 fully saturated rings. The van der Waals surface area contributed by atoms with Crippen LogP contribution in [0.25, 0.3) is 11.1 Å². The first-order chi connectivity index (χ1) is 14.7. The number of carboxylic acid groups (broad SMARTS) is 1. The molecule has 0 saturated heterocycles. The zero-order valence-electron chi connectivity index (χ0n) is 17.7. The summed E-state index contributed by atoms with van der Waals surface area (Å²) >= 11 is 11.6. The molecule has 0 saturated carbocycles. The highest BCUT2D eigenvalue weighted by Gasteiger charge is 2.25. The Morgan fingerprint density at radius 2 is 1.55 bits per heavy atom. The van der Waals surface area contributed by atoms with Crippen molar-refractivity contribution in [3.63, 3.8) is 0 Å². The lowest BCUT2D eigenvalue weighted by atomic mass is 9.98. The van der Waals surface area contributed by atoms with Crippen LogP contribution in [-0.2, 0) is 16.0 Å². The van der Waals surface area contributed by atoms with Crippen molar-refractivity contribution in [2.24, 2.45) is 5.92 Å². The summed E-state index contributed by atoms with van der Waals surface area (Å²) in [6.45, 7) is 3.50. The van der Waals surface area contributed by atoms with Gasteiger partial charge in [-0.3, -0.25) is 4.79 Å². The van der Waals surface area contributed by atoms with E-state index in [4.69, 9.17) is 32.7 Å². The van der Waals surface area contributed by atoms with Gasteiger partial charge in [-0.05, 0) is 29.2 Å². The minimum absolute atomic E-state index is 0.0929. The Kier molecular flexibility index (Phi) is 8.77. The monoisotopic (exact) mass is 465 g/mol. The molecule has 2 rings (SSSR count). The number of nitrogens with one attached hydrogen (secondary N) is 1. The van der Waals surface area contributed by atoms with Gasteiger partial charge in [0.15, 0.2) is 0 Å². The van der Waals surface area contributed by atoms with Crippen molar-refractivity contribution in [1.82, 2.24) is 5.32 Å². The van der Waals surface area contributed by atoms with Gasteiger partial charge >= 0.3 is 5.97 Å². The van der Waals surface area contributed by atoms with Crippen molar-refractivity contribution in [3.05, 3.63) is 58.1 Å². The Balaban J connectivity index is 2.26. The van der Waals surface area contributed by atoms with Crippen LogP contribution in [0.1, 0.15) is 19.4 Å². The smallest absolute Gasteiger partial charge is 0.326 e. The second kappa shape index (κ2) is 11.1. The minimum atomic E-state index is -1.15. The Bertz CT molecular complexity index is 944. The number of hydrogen-bond acceptors (Lipinski definition) is 4. The molecule has 0 unspecified atom stereocenters. The number of rotatable bonds is 9. The number of methoxy groups -OCH3 is 2. The molecule has 0 aliphatic carbocycles. The number of carboxylic acids is 1. The maximum Gasteiger partial charge on any atom is 0.326 e. The van der Waals surface area contributed by atoms with E-state index >= 15 is 0 Å². The van der Waals surface area contributed by atoms with Crippen LogP contribution < -0.4 is 14.8 Å². The van der Waals surface area contributed by atoms with Crippen LogP contribution in [-0.4, -0.2) is 37.2 Å². The van der Waals surface area contributed by atoms with E-state index < -0.39 is 17.9 Å². The molecule has 0 bridgehead atoms. The van der Waals surface area contributed by atoms with Crippen molar-refractivity contribution >= 4 is 35.1 Å². The molecule has 0 spiro atoms. The number of amides is 1. The highest BCUT2D eigenvalue weighted by Crippen LogP contribution is 2.38. The molecule has 0 aliphatic heterocycles. The van der Waals surface area contributed by atoms with Gasteiger partial charge in [0.25, 0.3) is 5.91 Å². The largest absolute Gasteiger partial charge is 0.496 e. The lowest BCUT2D eigenvalue weighted by molar-refractivity contribution is -0.141. The molecule has 2 N–H and O–H groups in total. The second-order valence-electron chi connectivity index (χ2n) is 7.13. The molecule has 0 heterocycles. The van der Waals surface area contributed by atoms with Crippen LogP contribution >= 0.6 is 23.2 Å². The SMILES string of the molecule is COc1cccc(OC)c1-c1ccc(C[C@H](NC(=O)C(=C(Cl)Cl)C(C)C)C(=O)O)cc1. The van der Waals surface area contributed by atoms with E-state index in [0.29, 0.717) is 11.5 Å². The third-order valence-electron chi connectivity index (χ3n) is 4.74. The summed E-state index contributed by atoms with van der Waals surface area (Å²) in [4.78, 5) is 24.2. The van der Waals surface area contributed by atoms with Gasteiger partial charge in [0, 0.05) is 12.0 Å². The Labute approximate surface area is 191 Å². The van der Waals surface area contributed by atoms with Crippen molar-refractivity contribution in [2.45, 2.75) is 26.3 Å². The Morgan fingerprint density at radius 3 is 1.97 bits per heavy atom. The van der Waals surface area contributed by atoms with E-state index in [1.807, 2.05) is 30.3 Å². The summed E-state index contributed by atoms with van der Waals surface area (Å²) in [5.41, 5.74) is 2.53. The van der Waals surface area contributed by atoms with Gasteiger partial charge in [0.1, 0.15) is 22.0 Å². The van der Waals surface area contributed by atoms with E-state index in [-0.39, 0.29) is 22.4 Å².